The molecule has 0 aromatic heterocycles. The molecule has 1 aromatic rings. The summed E-state index contributed by atoms with van der Waals surface area (Å²) in [7, 11) is 0. The van der Waals surface area contributed by atoms with Crippen LogP contribution in [0.15, 0.2) is 18.2 Å². The van der Waals surface area contributed by atoms with Crippen molar-refractivity contribution in [3.8, 4) is 11.5 Å². The van der Waals surface area contributed by atoms with E-state index in [-0.39, 0.29) is 13.2 Å². The maximum absolute atomic E-state index is 12.7. The third kappa shape index (κ3) is 3.48. The summed E-state index contributed by atoms with van der Waals surface area (Å²) in [5.74, 6) is -6.20. The molecule has 0 N–H and O–H groups in total. The lowest BCUT2D eigenvalue weighted by atomic mass is 10.0. The molecule has 3 nitrogen and oxygen atoms in total. The van der Waals surface area contributed by atoms with Crippen LogP contribution >= 0.6 is 0 Å². The van der Waals surface area contributed by atoms with Gasteiger partial charge in [0.2, 0.25) is 12.6 Å². The van der Waals surface area contributed by atoms with Gasteiger partial charge in [-0.1, -0.05) is 6.07 Å². The third-order valence-corrected chi connectivity index (χ3v) is 3.26. The zero-order chi connectivity index (χ0) is 16.4. The Balaban J connectivity index is 1.79. The normalized spacial score (nSPS) is 14.2. The number of carbonyl (C=O) groups excluding carboxylic acids is 1. The Labute approximate surface area is 123 Å². The van der Waals surface area contributed by atoms with Gasteiger partial charge in [-0.05, 0) is 37.0 Å². The van der Waals surface area contributed by atoms with Gasteiger partial charge in [-0.15, -0.1) is 0 Å². The molecule has 1 aliphatic heterocycles. The fourth-order valence-corrected chi connectivity index (χ4v) is 2.03. The van der Waals surface area contributed by atoms with Gasteiger partial charge in [-0.3, -0.25) is 4.79 Å². The highest BCUT2D eigenvalue weighted by Crippen LogP contribution is 2.37. The number of aryl methyl sites for hydroxylation is 1. The minimum absolute atomic E-state index is 0.0427. The summed E-state index contributed by atoms with van der Waals surface area (Å²) in [6.45, 7) is 0.125. The molecule has 0 aliphatic carbocycles. The summed E-state index contributed by atoms with van der Waals surface area (Å²) in [5.41, 5.74) is 0.833. The Morgan fingerprint density at radius 1 is 1.05 bits per heavy atom. The van der Waals surface area contributed by atoms with Gasteiger partial charge < -0.3 is 9.47 Å². The van der Waals surface area contributed by atoms with Gasteiger partial charge in [-0.25, -0.2) is 0 Å². The number of ether oxygens (including phenoxy) is 2. The summed E-state index contributed by atoms with van der Waals surface area (Å²) in [5, 5.41) is 0. The molecule has 8 heteroatoms. The van der Waals surface area contributed by atoms with Crippen molar-refractivity contribution in [2.45, 2.75) is 37.8 Å². The van der Waals surface area contributed by atoms with E-state index in [1.165, 1.54) is 0 Å². The first-order valence-electron chi connectivity index (χ1n) is 6.58. The van der Waals surface area contributed by atoms with Crippen molar-refractivity contribution in [3.05, 3.63) is 23.8 Å². The Kier molecular flexibility index (Phi) is 4.58. The summed E-state index contributed by atoms with van der Waals surface area (Å²) < 4.78 is 71.7. The van der Waals surface area contributed by atoms with E-state index < -0.39 is 24.3 Å². The van der Waals surface area contributed by atoms with Crippen LogP contribution in [0.5, 0.6) is 11.5 Å². The molecule has 1 aromatic carbocycles. The van der Waals surface area contributed by atoms with Crippen molar-refractivity contribution in [2.24, 2.45) is 0 Å². The van der Waals surface area contributed by atoms with E-state index in [4.69, 9.17) is 9.47 Å². The summed E-state index contributed by atoms with van der Waals surface area (Å²) >= 11 is 0. The zero-order valence-corrected chi connectivity index (χ0v) is 11.4. The summed E-state index contributed by atoms with van der Waals surface area (Å²) in [6, 6.07) is 5.16. The van der Waals surface area contributed by atoms with E-state index in [1.54, 1.807) is 18.2 Å². The molecule has 22 heavy (non-hydrogen) atoms. The maximum Gasteiger partial charge on any atom is 0.461 e. The third-order valence-electron chi connectivity index (χ3n) is 3.26. The molecule has 0 amide bonds. The molecule has 0 radical (unpaired) electrons. The molecular weight excluding hydrogens is 311 g/mol. The van der Waals surface area contributed by atoms with E-state index >= 15 is 0 Å². The molecule has 1 heterocycles. The Morgan fingerprint density at radius 2 is 1.73 bits per heavy atom. The van der Waals surface area contributed by atoms with Gasteiger partial charge in [-0.2, -0.15) is 22.0 Å². The van der Waals surface area contributed by atoms with Gasteiger partial charge >= 0.3 is 12.1 Å². The smallest absolute Gasteiger partial charge is 0.454 e. The van der Waals surface area contributed by atoms with E-state index in [9.17, 15) is 26.7 Å². The Bertz CT molecular complexity index is 554. The second-order valence-electron chi connectivity index (χ2n) is 4.89. The highest BCUT2D eigenvalue weighted by molar-refractivity contribution is 5.86. The number of halogens is 5. The highest BCUT2D eigenvalue weighted by Gasteiger charge is 2.62. The molecule has 1 aliphatic rings. The van der Waals surface area contributed by atoms with Crippen LogP contribution < -0.4 is 9.47 Å². The number of hydrogen-bond acceptors (Lipinski definition) is 3. The van der Waals surface area contributed by atoms with E-state index in [1.807, 2.05) is 0 Å². The predicted octanol–water partition coefficient (Wildman–Crippen LogP) is 3.89. The van der Waals surface area contributed by atoms with E-state index in [2.05, 4.69) is 0 Å². The molecule has 2 rings (SSSR count). The number of ketones is 1. The lowest BCUT2D eigenvalue weighted by molar-refractivity contribution is -0.268. The van der Waals surface area contributed by atoms with Crippen LogP contribution in [0, 0.1) is 0 Å². The number of rotatable bonds is 6. The molecule has 0 atom stereocenters. The largest absolute Gasteiger partial charge is 0.461 e. The number of fused-ring (bicyclic) bond motifs is 1. The van der Waals surface area contributed by atoms with Crippen molar-refractivity contribution < 1.29 is 36.2 Å². The molecular formula is C14H13F5O3. The van der Waals surface area contributed by atoms with Gasteiger partial charge in [0.25, 0.3) is 0 Å². The van der Waals surface area contributed by atoms with Crippen LogP contribution in [0.4, 0.5) is 22.0 Å². The van der Waals surface area contributed by atoms with Crippen LogP contribution in [0.25, 0.3) is 0 Å². The van der Waals surface area contributed by atoms with Gasteiger partial charge in [0.15, 0.2) is 11.5 Å². The Morgan fingerprint density at radius 3 is 2.41 bits per heavy atom. The highest BCUT2D eigenvalue weighted by atomic mass is 19.4. The van der Waals surface area contributed by atoms with Crippen molar-refractivity contribution >= 4 is 5.78 Å². The van der Waals surface area contributed by atoms with Crippen LogP contribution in [0.2, 0.25) is 0 Å². The van der Waals surface area contributed by atoms with E-state index in [0.29, 0.717) is 24.3 Å². The number of alkyl halides is 5. The van der Waals surface area contributed by atoms with Crippen LogP contribution in [-0.4, -0.2) is 24.7 Å². The van der Waals surface area contributed by atoms with Gasteiger partial charge in [0, 0.05) is 6.42 Å². The summed E-state index contributed by atoms with van der Waals surface area (Å²) in [6.07, 6.45) is -5.92. The van der Waals surface area contributed by atoms with Crippen LogP contribution in [0.3, 0.4) is 0 Å². The first-order chi connectivity index (χ1) is 10.2. The van der Waals surface area contributed by atoms with Crippen molar-refractivity contribution in [1.29, 1.82) is 0 Å². The lowest BCUT2D eigenvalue weighted by Crippen LogP contribution is -2.43. The summed E-state index contributed by atoms with van der Waals surface area (Å²) in [4.78, 5) is 11.0. The average Bonchev–Trinajstić information content (AvgIpc) is 2.89. The predicted molar refractivity (Wildman–Crippen MR) is 66.1 cm³/mol. The molecule has 0 saturated carbocycles. The van der Waals surface area contributed by atoms with Crippen molar-refractivity contribution in [1.82, 2.24) is 0 Å². The maximum atomic E-state index is 12.7. The molecule has 0 saturated heterocycles. The number of hydrogen-bond donors (Lipinski definition) is 0. The Hall–Kier alpha value is -1.86. The number of unbranched alkanes of at least 4 members (excludes halogenated alkanes) is 1. The molecule has 0 bridgehead atoms. The van der Waals surface area contributed by atoms with Crippen LogP contribution in [0.1, 0.15) is 24.8 Å². The minimum Gasteiger partial charge on any atom is -0.454 e. The molecule has 0 fully saturated rings. The second-order valence-corrected chi connectivity index (χ2v) is 4.89. The van der Waals surface area contributed by atoms with Gasteiger partial charge in [0.1, 0.15) is 0 Å². The molecule has 122 valence electrons. The van der Waals surface area contributed by atoms with Crippen molar-refractivity contribution in [3.63, 3.8) is 0 Å². The first-order valence-corrected chi connectivity index (χ1v) is 6.58. The SMILES string of the molecule is O=C(CCCCc1ccc2c(c1)OCO2)C(F)(F)C(F)(F)F. The average molecular weight is 324 g/mol. The quantitative estimate of drug-likeness (QED) is 0.588. The standard InChI is InChI=1S/C14H13F5O3/c15-13(16,14(17,18)19)12(20)4-2-1-3-9-5-6-10-11(7-9)22-8-21-10/h5-7H,1-4,8H2. The van der Waals surface area contributed by atoms with Gasteiger partial charge in [0.05, 0.1) is 0 Å². The lowest BCUT2D eigenvalue weighted by Gasteiger charge is -2.17. The monoisotopic (exact) mass is 324 g/mol. The second kappa shape index (κ2) is 6.10. The first kappa shape index (κ1) is 16.5. The topological polar surface area (TPSA) is 35.5 Å². The number of Topliss-reactive ketones (excluding diaryl/α,β-unsaturated/α-hetero) is 1. The fraction of sp³-hybridized carbons (Fsp3) is 0.500. The zero-order valence-electron chi connectivity index (χ0n) is 11.4. The van der Waals surface area contributed by atoms with E-state index in [0.717, 1.165) is 5.56 Å². The van der Waals surface area contributed by atoms with Crippen LogP contribution in [-0.2, 0) is 11.2 Å². The molecule has 0 spiro atoms. The van der Waals surface area contributed by atoms with Crippen molar-refractivity contribution in [2.75, 3.05) is 6.79 Å². The minimum atomic E-state index is -5.83. The molecule has 0 unspecified atom stereocenters. The number of benzene rings is 1. The number of carbonyl (C=O) groups is 1. The fourth-order valence-electron chi connectivity index (χ4n) is 2.03.